The highest BCUT2D eigenvalue weighted by atomic mass is 32.1. The highest BCUT2D eigenvalue weighted by Crippen LogP contribution is 2.37. The summed E-state index contributed by atoms with van der Waals surface area (Å²) in [5.41, 5.74) is 1.92. The van der Waals surface area contributed by atoms with Crippen molar-refractivity contribution >= 4 is 35.0 Å². The molecule has 4 amide bonds. The summed E-state index contributed by atoms with van der Waals surface area (Å²) in [4.78, 5) is 53.2. The lowest BCUT2D eigenvalue weighted by molar-refractivity contribution is -0.130. The van der Waals surface area contributed by atoms with E-state index in [1.54, 1.807) is 24.3 Å². The molecule has 1 fully saturated rings. The fraction of sp³-hybridized carbons (Fsp3) is 0.231. The molecule has 0 spiro atoms. The number of amides is 4. The van der Waals surface area contributed by atoms with Crippen molar-refractivity contribution in [3.63, 3.8) is 0 Å². The molecule has 8 heteroatoms. The van der Waals surface area contributed by atoms with Gasteiger partial charge >= 0.3 is 6.03 Å². The minimum atomic E-state index is -1.41. The molecule has 7 nitrogen and oxygen atoms in total. The Kier molecular flexibility index (Phi) is 6.34. The van der Waals surface area contributed by atoms with Gasteiger partial charge in [0, 0.05) is 11.8 Å². The SMILES string of the molecule is CC(=O)NCc1ccc(C(=O)CN2C(=O)NC(c3ccccc3)(c3ccc(C)c(C)c3)C2=O)s1. The second kappa shape index (κ2) is 9.23. The molecule has 2 heterocycles. The summed E-state index contributed by atoms with van der Waals surface area (Å²) in [6.45, 7) is 5.31. The molecule has 1 saturated heterocycles. The van der Waals surface area contributed by atoms with Crippen molar-refractivity contribution in [2.75, 3.05) is 6.54 Å². The molecule has 1 aliphatic heterocycles. The first-order valence-corrected chi connectivity index (χ1v) is 11.7. The van der Waals surface area contributed by atoms with Crippen molar-refractivity contribution in [3.8, 4) is 0 Å². The minimum absolute atomic E-state index is 0.163. The summed E-state index contributed by atoms with van der Waals surface area (Å²) in [5.74, 6) is -0.994. The molecule has 3 aromatic rings. The largest absolute Gasteiger partial charge is 0.351 e. The predicted molar refractivity (Wildman–Crippen MR) is 130 cm³/mol. The van der Waals surface area contributed by atoms with Gasteiger partial charge in [0.25, 0.3) is 5.91 Å². The number of thiophene rings is 1. The highest BCUT2D eigenvalue weighted by Gasteiger charge is 2.54. The number of ketones is 1. The minimum Gasteiger partial charge on any atom is -0.351 e. The van der Waals surface area contributed by atoms with Crippen LogP contribution in [-0.4, -0.2) is 35.1 Å². The van der Waals surface area contributed by atoms with Gasteiger partial charge in [-0.25, -0.2) is 4.79 Å². The quantitative estimate of drug-likeness (QED) is 0.403. The molecule has 1 atom stereocenters. The van der Waals surface area contributed by atoms with E-state index >= 15 is 0 Å². The molecule has 2 N–H and O–H groups in total. The third-order valence-corrected chi connectivity index (χ3v) is 7.13. The van der Waals surface area contributed by atoms with Crippen molar-refractivity contribution in [2.45, 2.75) is 32.9 Å². The Morgan fingerprint density at radius 2 is 1.71 bits per heavy atom. The van der Waals surface area contributed by atoms with E-state index in [-0.39, 0.29) is 18.2 Å². The van der Waals surface area contributed by atoms with Crippen LogP contribution in [0.15, 0.2) is 60.7 Å². The van der Waals surface area contributed by atoms with Crippen molar-refractivity contribution in [2.24, 2.45) is 0 Å². The van der Waals surface area contributed by atoms with E-state index in [0.717, 1.165) is 20.9 Å². The van der Waals surface area contributed by atoms with E-state index in [2.05, 4.69) is 10.6 Å². The molecule has 34 heavy (non-hydrogen) atoms. The maximum absolute atomic E-state index is 13.8. The molecule has 2 aromatic carbocycles. The highest BCUT2D eigenvalue weighted by molar-refractivity contribution is 7.14. The summed E-state index contributed by atoms with van der Waals surface area (Å²) < 4.78 is 0. The standard InChI is InChI=1S/C26H25N3O4S/c1-16-9-10-20(13-17(16)2)26(19-7-5-4-6-8-19)24(32)29(25(33)28-26)15-22(31)23-12-11-21(34-23)14-27-18(3)30/h4-13H,14-15H2,1-3H3,(H,27,30)(H,28,33). The Hall–Kier alpha value is -3.78. The average Bonchev–Trinajstić information content (AvgIpc) is 3.39. The summed E-state index contributed by atoms with van der Waals surface area (Å²) in [6, 6.07) is 17.5. The summed E-state index contributed by atoms with van der Waals surface area (Å²) in [7, 11) is 0. The normalized spacial score (nSPS) is 17.6. The van der Waals surface area contributed by atoms with Crippen LogP contribution in [0.2, 0.25) is 0 Å². The maximum Gasteiger partial charge on any atom is 0.325 e. The van der Waals surface area contributed by atoms with Gasteiger partial charge in [-0.2, -0.15) is 0 Å². The monoisotopic (exact) mass is 475 g/mol. The number of nitrogens with zero attached hydrogens (tertiary/aromatic N) is 1. The van der Waals surface area contributed by atoms with Gasteiger partial charge in [0.05, 0.1) is 18.0 Å². The third-order valence-electron chi connectivity index (χ3n) is 6.00. The van der Waals surface area contributed by atoms with Gasteiger partial charge in [-0.1, -0.05) is 48.5 Å². The molecule has 0 aliphatic carbocycles. The van der Waals surface area contributed by atoms with Crippen molar-refractivity contribution in [1.29, 1.82) is 0 Å². The van der Waals surface area contributed by atoms with Crippen LogP contribution < -0.4 is 10.6 Å². The van der Waals surface area contributed by atoms with Gasteiger partial charge < -0.3 is 10.6 Å². The molecule has 0 bridgehead atoms. The lowest BCUT2D eigenvalue weighted by atomic mass is 9.81. The molecule has 0 radical (unpaired) electrons. The number of carbonyl (C=O) groups is 4. The Morgan fingerprint density at radius 3 is 2.38 bits per heavy atom. The smallest absolute Gasteiger partial charge is 0.325 e. The third kappa shape index (κ3) is 4.24. The van der Waals surface area contributed by atoms with Crippen LogP contribution >= 0.6 is 11.3 Å². The number of rotatable bonds is 7. The van der Waals surface area contributed by atoms with Crippen LogP contribution in [0, 0.1) is 13.8 Å². The van der Waals surface area contributed by atoms with E-state index in [1.165, 1.54) is 18.3 Å². The number of hydrogen-bond acceptors (Lipinski definition) is 5. The second-order valence-electron chi connectivity index (χ2n) is 8.34. The first kappa shape index (κ1) is 23.4. The lowest BCUT2D eigenvalue weighted by Crippen LogP contribution is -2.45. The number of imide groups is 1. The number of Topliss-reactive ketones (excluding diaryl/α,β-unsaturated/α-hetero) is 1. The van der Waals surface area contributed by atoms with Gasteiger partial charge in [0.15, 0.2) is 11.3 Å². The van der Waals surface area contributed by atoms with Crippen LogP contribution in [0.3, 0.4) is 0 Å². The molecular formula is C26H25N3O4S. The summed E-state index contributed by atoms with van der Waals surface area (Å²) in [6.07, 6.45) is 0. The van der Waals surface area contributed by atoms with E-state index in [0.29, 0.717) is 22.5 Å². The van der Waals surface area contributed by atoms with E-state index < -0.39 is 17.5 Å². The van der Waals surface area contributed by atoms with E-state index in [9.17, 15) is 19.2 Å². The molecule has 4 rings (SSSR count). The Labute approximate surface area is 201 Å². The number of nitrogens with one attached hydrogen (secondary N) is 2. The van der Waals surface area contributed by atoms with Gasteiger partial charge in [-0.05, 0) is 48.2 Å². The fourth-order valence-electron chi connectivity index (χ4n) is 4.00. The molecule has 174 valence electrons. The second-order valence-corrected chi connectivity index (χ2v) is 9.50. The molecule has 1 unspecified atom stereocenters. The molecule has 1 aliphatic rings. The van der Waals surface area contributed by atoms with Gasteiger partial charge in [0.2, 0.25) is 5.91 Å². The van der Waals surface area contributed by atoms with Crippen LogP contribution in [0.5, 0.6) is 0 Å². The van der Waals surface area contributed by atoms with E-state index in [4.69, 9.17) is 0 Å². The summed E-state index contributed by atoms with van der Waals surface area (Å²) in [5, 5.41) is 5.57. The zero-order valence-electron chi connectivity index (χ0n) is 19.2. The zero-order chi connectivity index (χ0) is 24.5. The van der Waals surface area contributed by atoms with Crippen LogP contribution in [-0.2, 0) is 21.7 Å². The topological polar surface area (TPSA) is 95.6 Å². The van der Waals surface area contributed by atoms with Crippen molar-refractivity contribution < 1.29 is 19.2 Å². The number of carbonyl (C=O) groups excluding carboxylic acids is 4. The Balaban J connectivity index is 1.65. The van der Waals surface area contributed by atoms with Crippen LogP contribution in [0.1, 0.15) is 43.7 Å². The van der Waals surface area contributed by atoms with E-state index in [1.807, 2.05) is 50.2 Å². The van der Waals surface area contributed by atoms with Crippen LogP contribution in [0.4, 0.5) is 4.79 Å². The lowest BCUT2D eigenvalue weighted by Gasteiger charge is -2.28. The molecule has 0 saturated carbocycles. The number of aryl methyl sites for hydroxylation is 2. The number of urea groups is 1. The van der Waals surface area contributed by atoms with Gasteiger partial charge in [0.1, 0.15) is 0 Å². The predicted octanol–water partition coefficient (Wildman–Crippen LogP) is 3.68. The molecule has 1 aromatic heterocycles. The average molecular weight is 476 g/mol. The summed E-state index contributed by atoms with van der Waals surface area (Å²) >= 11 is 1.23. The first-order valence-electron chi connectivity index (χ1n) is 10.9. The molecular weight excluding hydrogens is 450 g/mol. The Bertz CT molecular complexity index is 1280. The first-order chi connectivity index (χ1) is 16.2. The van der Waals surface area contributed by atoms with Crippen LogP contribution in [0.25, 0.3) is 0 Å². The van der Waals surface area contributed by atoms with Gasteiger partial charge in [-0.15, -0.1) is 11.3 Å². The maximum atomic E-state index is 13.8. The fourth-order valence-corrected chi connectivity index (χ4v) is 4.87. The van der Waals surface area contributed by atoms with Crippen molar-refractivity contribution in [1.82, 2.24) is 15.5 Å². The number of hydrogen-bond donors (Lipinski definition) is 2. The zero-order valence-corrected chi connectivity index (χ0v) is 20.0. The Morgan fingerprint density at radius 1 is 0.971 bits per heavy atom. The van der Waals surface area contributed by atoms with Gasteiger partial charge in [-0.3, -0.25) is 19.3 Å². The number of benzene rings is 2. The van der Waals surface area contributed by atoms with Crippen molar-refractivity contribution in [3.05, 3.63) is 92.7 Å².